The van der Waals surface area contributed by atoms with Gasteiger partial charge in [-0.05, 0) is 36.1 Å². The van der Waals surface area contributed by atoms with Crippen LogP contribution in [-0.4, -0.2) is 22.6 Å². The van der Waals surface area contributed by atoms with E-state index in [0.29, 0.717) is 24.7 Å². The fourth-order valence-corrected chi connectivity index (χ4v) is 2.87. The molecule has 2 heterocycles. The number of aromatic nitrogens is 2. The van der Waals surface area contributed by atoms with Gasteiger partial charge in [0.2, 0.25) is 0 Å². The van der Waals surface area contributed by atoms with Gasteiger partial charge in [0.15, 0.2) is 5.82 Å². The van der Waals surface area contributed by atoms with Crippen LogP contribution in [0.1, 0.15) is 21.1 Å². The van der Waals surface area contributed by atoms with E-state index in [-0.39, 0.29) is 5.91 Å². The van der Waals surface area contributed by atoms with E-state index in [4.69, 9.17) is 4.52 Å². The number of benzene rings is 1. The smallest absolute Gasteiger partial charge is 0.261 e. The molecule has 0 spiro atoms. The Hall–Kier alpha value is -2.47. The van der Waals surface area contributed by atoms with Crippen LogP contribution in [0.25, 0.3) is 11.5 Å². The molecular weight excluding hydrogens is 298 g/mol. The zero-order chi connectivity index (χ0) is 15.4. The predicted octanol–water partition coefficient (Wildman–Crippen LogP) is 3.08. The van der Waals surface area contributed by atoms with E-state index in [2.05, 4.69) is 15.5 Å². The molecule has 0 atom stereocenters. The first-order valence-electron chi connectivity index (χ1n) is 6.94. The summed E-state index contributed by atoms with van der Waals surface area (Å²) in [5.74, 6) is 1.03. The van der Waals surface area contributed by atoms with Crippen molar-refractivity contribution < 1.29 is 9.32 Å². The molecule has 112 valence electrons. The third kappa shape index (κ3) is 3.23. The lowest BCUT2D eigenvalue weighted by molar-refractivity contribution is 0.0957. The molecule has 0 saturated carbocycles. The van der Waals surface area contributed by atoms with Gasteiger partial charge in [0.25, 0.3) is 11.8 Å². The summed E-state index contributed by atoms with van der Waals surface area (Å²) in [6.07, 6.45) is 0.534. The lowest BCUT2D eigenvalue weighted by Crippen LogP contribution is -2.25. The molecule has 0 fully saturated rings. The number of rotatable bonds is 5. The minimum atomic E-state index is -0.0562. The first-order chi connectivity index (χ1) is 10.7. The number of nitrogens with zero attached hydrogens (tertiary/aromatic N) is 2. The number of hydrogen-bond acceptors (Lipinski definition) is 5. The fraction of sp³-hybridized carbons (Fsp3) is 0.188. The van der Waals surface area contributed by atoms with Crippen molar-refractivity contribution in [3.05, 3.63) is 58.0 Å². The molecule has 0 saturated heterocycles. The number of carbonyl (C=O) groups excluding carboxylic acids is 1. The highest BCUT2D eigenvalue weighted by atomic mass is 32.1. The summed E-state index contributed by atoms with van der Waals surface area (Å²) in [7, 11) is 0. The highest BCUT2D eigenvalue weighted by Gasteiger charge is 2.11. The largest absolute Gasteiger partial charge is 0.351 e. The summed E-state index contributed by atoms with van der Waals surface area (Å²) < 4.78 is 5.23. The number of amides is 1. The van der Waals surface area contributed by atoms with Gasteiger partial charge in [-0.25, -0.2) is 0 Å². The van der Waals surface area contributed by atoms with E-state index in [1.165, 1.54) is 11.3 Å². The molecule has 3 aromatic rings. The molecule has 22 heavy (non-hydrogen) atoms. The maximum Gasteiger partial charge on any atom is 0.261 e. The molecule has 0 aliphatic carbocycles. The number of thiophene rings is 1. The van der Waals surface area contributed by atoms with Gasteiger partial charge in [-0.1, -0.05) is 23.4 Å². The van der Waals surface area contributed by atoms with Gasteiger partial charge in [0, 0.05) is 18.5 Å². The number of carbonyl (C=O) groups is 1. The molecule has 0 bridgehead atoms. The Morgan fingerprint density at radius 3 is 2.82 bits per heavy atom. The van der Waals surface area contributed by atoms with Gasteiger partial charge < -0.3 is 9.84 Å². The Morgan fingerprint density at radius 1 is 1.27 bits per heavy atom. The van der Waals surface area contributed by atoms with E-state index in [1.54, 1.807) is 0 Å². The van der Waals surface area contributed by atoms with Crippen LogP contribution in [0.5, 0.6) is 0 Å². The van der Waals surface area contributed by atoms with Crippen molar-refractivity contribution in [2.45, 2.75) is 13.3 Å². The first-order valence-corrected chi connectivity index (χ1v) is 7.82. The number of aryl methyl sites for hydroxylation is 1. The molecule has 6 heteroatoms. The maximum absolute atomic E-state index is 12.0. The van der Waals surface area contributed by atoms with Crippen LogP contribution in [0.2, 0.25) is 0 Å². The predicted molar refractivity (Wildman–Crippen MR) is 84.8 cm³/mol. The molecule has 1 N–H and O–H groups in total. The Morgan fingerprint density at radius 2 is 2.09 bits per heavy atom. The van der Waals surface area contributed by atoms with Crippen molar-refractivity contribution in [1.29, 1.82) is 0 Å². The van der Waals surface area contributed by atoms with E-state index >= 15 is 0 Å². The summed E-state index contributed by atoms with van der Waals surface area (Å²) in [5, 5.41) is 8.72. The average molecular weight is 313 g/mol. The molecule has 2 aromatic heterocycles. The van der Waals surface area contributed by atoms with Crippen molar-refractivity contribution in [3.8, 4) is 11.5 Å². The number of nitrogens with one attached hydrogen (secondary N) is 1. The summed E-state index contributed by atoms with van der Waals surface area (Å²) in [6.45, 7) is 2.40. The molecule has 5 nitrogen and oxygen atoms in total. The number of hydrogen-bond donors (Lipinski definition) is 1. The lowest BCUT2D eigenvalue weighted by atomic mass is 10.2. The first kappa shape index (κ1) is 14.5. The Kier molecular flexibility index (Phi) is 4.29. The zero-order valence-corrected chi connectivity index (χ0v) is 12.9. The topological polar surface area (TPSA) is 68.0 Å². The molecule has 0 radical (unpaired) electrons. The highest BCUT2D eigenvalue weighted by molar-refractivity contribution is 7.12. The van der Waals surface area contributed by atoms with Crippen LogP contribution in [0.4, 0.5) is 0 Å². The standard InChI is InChI=1S/C16H15N3O2S/c1-11-8-10-22-14(11)15(20)17-9-7-13-18-16(21-19-13)12-5-3-2-4-6-12/h2-6,8,10H,7,9H2,1H3,(H,17,20). The van der Waals surface area contributed by atoms with Crippen molar-refractivity contribution in [1.82, 2.24) is 15.5 Å². The van der Waals surface area contributed by atoms with Gasteiger partial charge in [-0.3, -0.25) is 4.79 Å². The Balaban J connectivity index is 1.56. The Bertz CT molecular complexity index is 765. The van der Waals surface area contributed by atoms with E-state index < -0.39 is 0 Å². The minimum Gasteiger partial charge on any atom is -0.351 e. The van der Waals surface area contributed by atoms with E-state index in [9.17, 15) is 4.79 Å². The van der Waals surface area contributed by atoms with Crippen molar-refractivity contribution in [2.75, 3.05) is 6.54 Å². The second-order valence-corrected chi connectivity index (χ2v) is 5.74. The van der Waals surface area contributed by atoms with Crippen LogP contribution in [0.15, 0.2) is 46.3 Å². The monoisotopic (exact) mass is 313 g/mol. The van der Waals surface area contributed by atoms with E-state index in [0.717, 1.165) is 16.0 Å². The summed E-state index contributed by atoms with van der Waals surface area (Å²) >= 11 is 1.44. The highest BCUT2D eigenvalue weighted by Crippen LogP contribution is 2.16. The van der Waals surface area contributed by atoms with Crippen LogP contribution in [0, 0.1) is 6.92 Å². The molecule has 1 amide bonds. The SMILES string of the molecule is Cc1ccsc1C(=O)NCCc1noc(-c2ccccc2)n1. The van der Waals surface area contributed by atoms with Crippen molar-refractivity contribution in [3.63, 3.8) is 0 Å². The second-order valence-electron chi connectivity index (χ2n) is 4.82. The normalized spacial score (nSPS) is 10.6. The van der Waals surface area contributed by atoms with Crippen LogP contribution in [-0.2, 0) is 6.42 Å². The van der Waals surface area contributed by atoms with Gasteiger partial charge in [0.1, 0.15) is 0 Å². The quantitative estimate of drug-likeness (QED) is 0.786. The molecular formula is C16H15N3O2S. The molecule has 0 aliphatic rings. The van der Waals surface area contributed by atoms with Gasteiger partial charge in [-0.2, -0.15) is 4.98 Å². The van der Waals surface area contributed by atoms with Crippen molar-refractivity contribution >= 4 is 17.2 Å². The lowest BCUT2D eigenvalue weighted by Gasteiger charge is -2.02. The Labute approximate surface area is 132 Å². The fourth-order valence-electron chi connectivity index (χ4n) is 2.03. The average Bonchev–Trinajstić information content (AvgIpc) is 3.17. The molecule has 1 aromatic carbocycles. The minimum absolute atomic E-state index is 0.0562. The molecule has 3 rings (SSSR count). The third-order valence-electron chi connectivity index (χ3n) is 3.19. The second kappa shape index (κ2) is 6.53. The van der Waals surface area contributed by atoms with Crippen LogP contribution >= 0.6 is 11.3 Å². The maximum atomic E-state index is 12.0. The summed E-state index contributed by atoms with van der Waals surface area (Å²) in [5.41, 5.74) is 1.88. The summed E-state index contributed by atoms with van der Waals surface area (Å²) in [4.78, 5) is 17.1. The molecule has 0 aliphatic heterocycles. The zero-order valence-electron chi connectivity index (χ0n) is 12.1. The van der Waals surface area contributed by atoms with Crippen molar-refractivity contribution in [2.24, 2.45) is 0 Å². The van der Waals surface area contributed by atoms with E-state index in [1.807, 2.05) is 48.7 Å². The van der Waals surface area contributed by atoms with Crippen LogP contribution < -0.4 is 5.32 Å². The third-order valence-corrected chi connectivity index (χ3v) is 4.21. The van der Waals surface area contributed by atoms with Gasteiger partial charge >= 0.3 is 0 Å². The molecule has 0 unspecified atom stereocenters. The summed E-state index contributed by atoms with van der Waals surface area (Å²) in [6, 6.07) is 11.5. The van der Waals surface area contributed by atoms with Gasteiger partial charge in [0.05, 0.1) is 4.88 Å². The van der Waals surface area contributed by atoms with Crippen LogP contribution in [0.3, 0.4) is 0 Å². The van der Waals surface area contributed by atoms with Gasteiger partial charge in [-0.15, -0.1) is 11.3 Å².